The van der Waals surface area contributed by atoms with E-state index in [0.29, 0.717) is 21.4 Å². The minimum atomic E-state index is -1.27. The number of aromatic nitrogens is 1. The molecular formula is C13H9Cl2NO3. The summed E-state index contributed by atoms with van der Waals surface area (Å²) in [6.45, 7) is 1.70. The molecule has 19 heavy (non-hydrogen) atoms. The highest BCUT2D eigenvalue weighted by Crippen LogP contribution is 2.22. The molecule has 1 heterocycles. The second-order valence-corrected chi connectivity index (χ2v) is 4.87. The summed E-state index contributed by atoms with van der Waals surface area (Å²) in [5.74, 6) is -1.27. The molecular weight excluding hydrogens is 289 g/mol. The van der Waals surface area contributed by atoms with Gasteiger partial charge in [-0.15, -0.1) is 0 Å². The minimum absolute atomic E-state index is 0.304. The Hall–Kier alpha value is -1.78. The summed E-state index contributed by atoms with van der Waals surface area (Å²) in [6.07, 6.45) is 1.27. The van der Waals surface area contributed by atoms with Crippen LogP contribution in [0.4, 0.5) is 0 Å². The molecule has 1 aromatic carbocycles. The van der Waals surface area contributed by atoms with Crippen molar-refractivity contribution >= 4 is 29.2 Å². The zero-order valence-corrected chi connectivity index (χ0v) is 11.4. The summed E-state index contributed by atoms with van der Waals surface area (Å²) in [5.41, 5.74) is 0.349. The Balaban J connectivity index is 2.71. The fourth-order valence-electron chi connectivity index (χ4n) is 1.75. The fourth-order valence-corrected chi connectivity index (χ4v) is 2.26. The maximum atomic E-state index is 11.6. The van der Waals surface area contributed by atoms with Crippen molar-refractivity contribution in [1.82, 2.24) is 4.57 Å². The number of rotatable bonds is 2. The molecule has 98 valence electrons. The van der Waals surface area contributed by atoms with Gasteiger partial charge in [-0.25, -0.2) is 4.79 Å². The number of halogens is 2. The monoisotopic (exact) mass is 297 g/mol. The van der Waals surface area contributed by atoms with Crippen molar-refractivity contribution in [2.24, 2.45) is 0 Å². The van der Waals surface area contributed by atoms with Crippen molar-refractivity contribution in [3.63, 3.8) is 0 Å². The van der Waals surface area contributed by atoms with Gasteiger partial charge in [0, 0.05) is 33.7 Å². The van der Waals surface area contributed by atoms with E-state index in [1.807, 2.05) is 0 Å². The number of carboxylic acid groups (broad SMARTS) is 1. The summed E-state index contributed by atoms with van der Waals surface area (Å²) >= 11 is 11.8. The number of aromatic carboxylic acids is 1. The first-order chi connectivity index (χ1) is 8.88. The number of hydrogen-bond acceptors (Lipinski definition) is 2. The smallest absolute Gasteiger partial charge is 0.341 e. The molecule has 0 fully saturated rings. The van der Waals surface area contributed by atoms with Gasteiger partial charge in [-0.2, -0.15) is 0 Å². The number of aryl methyl sites for hydroxylation is 1. The molecule has 0 aliphatic carbocycles. The summed E-state index contributed by atoms with van der Waals surface area (Å²) in [4.78, 5) is 22.5. The third-order valence-electron chi connectivity index (χ3n) is 2.60. The van der Waals surface area contributed by atoms with Crippen LogP contribution in [0, 0.1) is 6.92 Å². The van der Waals surface area contributed by atoms with Gasteiger partial charge in [0.2, 0.25) is 0 Å². The lowest BCUT2D eigenvalue weighted by Crippen LogP contribution is -2.18. The van der Waals surface area contributed by atoms with E-state index in [-0.39, 0.29) is 5.56 Å². The second kappa shape index (κ2) is 5.07. The number of carboxylic acids is 1. The molecule has 0 radical (unpaired) electrons. The Morgan fingerprint density at radius 1 is 1.16 bits per heavy atom. The van der Waals surface area contributed by atoms with Crippen molar-refractivity contribution in [3.05, 3.63) is 62.0 Å². The highest BCUT2D eigenvalue weighted by molar-refractivity contribution is 6.34. The van der Waals surface area contributed by atoms with Gasteiger partial charge < -0.3 is 9.67 Å². The van der Waals surface area contributed by atoms with Crippen molar-refractivity contribution in [1.29, 1.82) is 0 Å². The molecule has 0 unspecified atom stereocenters. The molecule has 0 bridgehead atoms. The van der Waals surface area contributed by atoms with Gasteiger partial charge in [0.1, 0.15) is 5.56 Å². The van der Waals surface area contributed by atoms with E-state index in [0.717, 1.165) is 0 Å². The minimum Gasteiger partial charge on any atom is -0.477 e. The normalized spacial score (nSPS) is 10.5. The van der Waals surface area contributed by atoms with Crippen LogP contribution in [0.3, 0.4) is 0 Å². The molecule has 4 nitrogen and oxygen atoms in total. The number of pyridine rings is 1. The maximum absolute atomic E-state index is 11.6. The van der Waals surface area contributed by atoms with Crippen LogP contribution in [0.25, 0.3) is 5.69 Å². The van der Waals surface area contributed by atoms with Crippen molar-refractivity contribution < 1.29 is 9.90 Å². The van der Waals surface area contributed by atoms with E-state index in [1.165, 1.54) is 12.3 Å². The van der Waals surface area contributed by atoms with E-state index in [1.54, 1.807) is 29.7 Å². The van der Waals surface area contributed by atoms with Gasteiger partial charge >= 0.3 is 5.97 Å². The quantitative estimate of drug-likeness (QED) is 0.926. The molecule has 6 heteroatoms. The third kappa shape index (κ3) is 2.80. The van der Waals surface area contributed by atoms with Gasteiger partial charge in [-0.1, -0.05) is 23.2 Å². The number of benzene rings is 1. The van der Waals surface area contributed by atoms with Gasteiger partial charge in [-0.05, 0) is 25.1 Å². The maximum Gasteiger partial charge on any atom is 0.341 e. The summed E-state index contributed by atoms with van der Waals surface area (Å²) in [5, 5.41) is 9.83. The lowest BCUT2D eigenvalue weighted by Gasteiger charge is -2.12. The number of carbonyl (C=O) groups is 1. The van der Waals surface area contributed by atoms with Crippen LogP contribution in [-0.2, 0) is 0 Å². The lowest BCUT2D eigenvalue weighted by molar-refractivity contribution is 0.0695. The lowest BCUT2D eigenvalue weighted by atomic mass is 10.2. The van der Waals surface area contributed by atoms with Gasteiger partial charge in [0.25, 0.3) is 0 Å². The molecule has 0 amide bonds. The van der Waals surface area contributed by atoms with Crippen LogP contribution in [-0.4, -0.2) is 15.6 Å². The molecule has 2 rings (SSSR count). The van der Waals surface area contributed by atoms with Gasteiger partial charge in [-0.3, -0.25) is 4.79 Å². The molecule has 1 N–H and O–H groups in total. The van der Waals surface area contributed by atoms with E-state index >= 15 is 0 Å². The van der Waals surface area contributed by atoms with Crippen LogP contribution in [0.5, 0.6) is 0 Å². The molecule has 0 saturated heterocycles. The predicted molar refractivity (Wildman–Crippen MR) is 73.8 cm³/mol. The van der Waals surface area contributed by atoms with Crippen molar-refractivity contribution in [2.45, 2.75) is 6.92 Å². The zero-order valence-electron chi connectivity index (χ0n) is 9.85. The Kier molecular flexibility index (Phi) is 3.64. The molecule has 0 atom stereocenters. The third-order valence-corrected chi connectivity index (χ3v) is 3.04. The van der Waals surface area contributed by atoms with Crippen LogP contribution in [0.2, 0.25) is 10.0 Å². The molecule has 0 spiro atoms. The standard InChI is InChI=1S/C13H9Cl2NO3/c1-7-2-12(17)11(13(18)19)6-16(7)10-4-8(14)3-9(15)5-10/h2-6H,1H3,(H,18,19). The van der Waals surface area contributed by atoms with Crippen molar-refractivity contribution in [2.75, 3.05) is 0 Å². The highest BCUT2D eigenvalue weighted by Gasteiger charge is 2.12. The number of nitrogens with zero attached hydrogens (tertiary/aromatic N) is 1. The predicted octanol–water partition coefficient (Wildman–Crippen LogP) is 3.15. The molecule has 0 aliphatic heterocycles. The molecule has 0 saturated carbocycles. The SMILES string of the molecule is Cc1cc(=O)c(C(=O)O)cn1-c1cc(Cl)cc(Cl)c1. The highest BCUT2D eigenvalue weighted by atomic mass is 35.5. The summed E-state index contributed by atoms with van der Waals surface area (Å²) in [6, 6.07) is 6.11. The average Bonchev–Trinajstić information content (AvgIpc) is 2.26. The first-order valence-electron chi connectivity index (χ1n) is 5.31. The number of hydrogen-bond donors (Lipinski definition) is 1. The second-order valence-electron chi connectivity index (χ2n) is 4.00. The van der Waals surface area contributed by atoms with Crippen LogP contribution in [0.15, 0.2) is 35.3 Å². The fraction of sp³-hybridized carbons (Fsp3) is 0.0769. The van der Waals surface area contributed by atoms with Crippen LogP contribution in [0.1, 0.15) is 16.1 Å². The van der Waals surface area contributed by atoms with E-state index in [9.17, 15) is 9.59 Å². The van der Waals surface area contributed by atoms with Crippen LogP contribution < -0.4 is 5.43 Å². The first kappa shape index (κ1) is 13.6. The largest absolute Gasteiger partial charge is 0.477 e. The summed E-state index contributed by atoms with van der Waals surface area (Å²) in [7, 11) is 0. The van der Waals surface area contributed by atoms with Gasteiger partial charge in [0.15, 0.2) is 5.43 Å². The summed E-state index contributed by atoms with van der Waals surface area (Å²) < 4.78 is 1.56. The average molecular weight is 298 g/mol. The Labute approximate surface area is 118 Å². The Bertz CT molecular complexity index is 702. The Morgan fingerprint density at radius 2 is 1.74 bits per heavy atom. The van der Waals surface area contributed by atoms with Crippen molar-refractivity contribution in [3.8, 4) is 5.69 Å². The van der Waals surface area contributed by atoms with E-state index in [2.05, 4.69) is 0 Å². The van der Waals surface area contributed by atoms with Crippen LogP contribution >= 0.6 is 23.2 Å². The Morgan fingerprint density at radius 3 is 2.26 bits per heavy atom. The topological polar surface area (TPSA) is 59.3 Å². The molecule has 2 aromatic rings. The zero-order chi connectivity index (χ0) is 14.2. The van der Waals surface area contributed by atoms with E-state index < -0.39 is 11.4 Å². The van der Waals surface area contributed by atoms with Gasteiger partial charge in [0.05, 0.1) is 0 Å². The van der Waals surface area contributed by atoms with E-state index in [4.69, 9.17) is 28.3 Å². The molecule has 0 aliphatic rings. The first-order valence-corrected chi connectivity index (χ1v) is 6.07. The molecule has 1 aromatic heterocycles.